The highest BCUT2D eigenvalue weighted by molar-refractivity contribution is 7.90. The molecule has 0 aromatic heterocycles. The van der Waals surface area contributed by atoms with Gasteiger partial charge in [0.2, 0.25) is 0 Å². The van der Waals surface area contributed by atoms with Crippen molar-refractivity contribution in [2.75, 3.05) is 64.0 Å². The highest BCUT2D eigenvalue weighted by Gasteiger charge is 2.28. The third-order valence-electron chi connectivity index (χ3n) is 7.13. The monoisotopic (exact) mass is 638 g/mol. The van der Waals surface area contributed by atoms with E-state index < -0.39 is 56.3 Å². The van der Waals surface area contributed by atoms with Crippen molar-refractivity contribution in [1.82, 2.24) is 9.80 Å². The van der Waals surface area contributed by atoms with E-state index in [-0.39, 0.29) is 23.8 Å². The Kier molecular flexibility index (Phi) is 12.5. The van der Waals surface area contributed by atoms with Gasteiger partial charge in [0.15, 0.2) is 19.7 Å². The first kappa shape index (κ1) is 34.5. The van der Waals surface area contributed by atoms with Crippen LogP contribution in [-0.4, -0.2) is 108 Å². The fourth-order valence-electron chi connectivity index (χ4n) is 4.83. The van der Waals surface area contributed by atoms with Gasteiger partial charge in [-0.1, -0.05) is 30.3 Å². The molecular formula is C30H42N2O9S2. The second kappa shape index (κ2) is 15.6. The minimum Gasteiger partial charge on any atom is -0.461 e. The van der Waals surface area contributed by atoms with E-state index >= 15 is 0 Å². The van der Waals surface area contributed by atoms with Crippen LogP contribution in [0.15, 0.2) is 59.3 Å². The Morgan fingerprint density at radius 2 is 1.47 bits per heavy atom. The van der Waals surface area contributed by atoms with Gasteiger partial charge in [-0.05, 0) is 61.5 Å². The van der Waals surface area contributed by atoms with E-state index in [4.69, 9.17) is 9.47 Å². The predicted octanol–water partition coefficient (Wildman–Crippen LogP) is 1.95. The van der Waals surface area contributed by atoms with Crippen molar-refractivity contribution in [3.8, 4) is 0 Å². The molecule has 0 saturated carbocycles. The molecule has 2 heterocycles. The molecule has 1 N–H and O–H groups in total. The van der Waals surface area contributed by atoms with E-state index in [1.807, 2.05) is 18.2 Å². The minimum atomic E-state index is -3.41. The fourth-order valence-corrected chi connectivity index (χ4v) is 5.60. The zero-order valence-electron chi connectivity index (χ0n) is 25.0. The summed E-state index contributed by atoms with van der Waals surface area (Å²) < 4.78 is 56.8. The second-order valence-corrected chi connectivity index (χ2v) is 15.6. The average molecular weight is 639 g/mol. The molecule has 43 heavy (non-hydrogen) atoms. The highest BCUT2D eigenvalue weighted by Crippen LogP contribution is 2.31. The number of sulfone groups is 2. The topological polar surface area (TPSA) is 148 Å². The number of rotatable bonds is 14. The van der Waals surface area contributed by atoms with Gasteiger partial charge in [0.25, 0.3) is 0 Å². The molecule has 3 rings (SSSR count). The number of aliphatic hydroxyl groups excluding tert-OH is 1. The van der Waals surface area contributed by atoms with Crippen LogP contribution in [0.1, 0.15) is 42.9 Å². The van der Waals surface area contributed by atoms with Crippen LogP contribution in [0.25, 0.3) is 0 Å². The molecular weight excluding hydrogens is 596 g/mol. The number of ether oxygens (including phenoxy) is 2. The van der Waals surface area contributed by atoms with Crippen LogP contribution in [0.4, 0.5) is 0 Å². The number of benzene rings is 1. The van der Waals surface area contributed by atoms with Gasteiger partial charge in [0.1, 0.15) is 13.2 Å². The summed E-state index contributed by atoms with van der Waals surface area (Å²) in [6, 6.07) is 7.84. The second-order valence-electron chi connectivity index (χ2n) is 11.0. The van der Waals surface area contributed by atoms with Gasteiger partial charge in [-0.2, -0.15) is 0 Å². The lowest BCUT2D eigenvalue weighted by Crippen LogP contribution is -2.26. The average Bonchev–Trinajstić information content (AvgIpc) is 3.42. The number of likely N-dealkylation sites (N-methyl/N-ethyl adjacent to an activating group) is 1. The minimum absolute atomic E-state index is 0.0960. The normalized spacial score (nSPS) is 18.3. The smallest absolute Gasteiger partial charge is 0.340 e. The molecule has 0 amide bonds. The highest BCUT2D eigenvalue weighted by atomic mass is 32.2. The first-order chi connectivity index (χ1) is 20.3. The molecule has 0 aliphatic carbocycles. The fraction of sp³-hybridized carbons (Fsp3) is 0.533. The van der Waals surface area contributed by atoms with E-state index in [2.05, 4.69) is 17.0 Å². The number of carbonyl (C=O) groups is 2. The number of esters is 2. The number of aliphatic hydroxyl groups is 1. The van der Waals surface area contributed by atoms with E-state index in [1.54, 1.807) is 11.9 Å². The molecule has 0 radical (unpaired) electrons. The zero-order chi connectivity index (χ0) is 31.6. The van der Waals surface area contributed by atoms with Crippen LogP contribution in [0, 0.1) is 0 Å². The van der Waals surface area contributed by atoms with Crippen molar-refractivity contribution >= 4 is 31.6 Å². The summed E-state index contributed by atoms with van der Waals surface area (Å²) in [5.74, 6) is -2.64. The molecule has 1 aromatic rings. The van der Waals surface area contributed by atoms with Crippen LogP contribution in [-0.2, 0) is 45.3 Å². The summed E-state index contributed by atoms with van der Waals surface area (Å²) in [4.78, 5) is 30.7. The van der Waals surface area contributed by atoms with Crippen molar-refractivity contribution in [1.29, 1.82) is 0 Å². The van der Waals surface area contributed by atoms with Crippen molar-refractivity contribution in [3.63, 3.8) is 0 Å². The Labute approximate surface area is 254 Å². The third-order valence-corrected chi connectivity index (χ3v) is 8.94. The summed E-state index contributed by atoms with van der Waals surface area (Å²) in [5.41, 5.74) is 2.45. The van der Waals surface area contributed by atoms with E-state index in [1.165, 1.54) is 30.7 Å². The van der Waals surface area contributed by atoms with Crippen molar-refractivity contribution in [2.24, 2.45) is 0 Å². The Morgan fingerprint density at radius 1 is 0.907 bits per heavy atom. The van der Waals surface area contributed by atoms with Crippen molar-refractivity contribution in [3.05, 3.63) is 70.5 Å². The summed E-state index contributed by atoms with van der Waals surface area (Å²) >= 11 is 0. The Hall–Kier alpha value is -3.00. The molecule has 1 atom stereocenters. The molecule has 1 unspecified atom stereocenters. The molecule has 11 nitrogen and oxygen atoms in total. The number of carbonyl (C=O) groups excluding carboxylic acids is 2. The number of hydrogen-bond donors (Lipinski definition) is 1. The van der Waals surface area contributed by atoms with E-state index in [0.29, 0.717) is 18.4 Å². The molecule has 238 valence electrons. The maximum absolute atomic E-state index is 13.3. The third kappa shape index (κ3) is 11.5. The molecule has 2 aliphatic rings. The van der Waals surface area contributed by atoms with Gasteiger partial charge in [-0.3, -0.25) is 4.90 Å². The van der Waals surface area contributed by atoms with Gasteiger partial charge in [0, 0.05) is 38.9 Å². The maximum atomic E-state index is 13.3. The Balaban J connectivity index is 1.99. The summed E-state index contributed by atoms with van der Waals surface area (Å²) in [5, 5.41) is 9.53. The van der Waals surface area contributed by atoms with Crippen molar-refractivity contribution < 1.29 is 41.0 Å². The molecule has 1 aromatic carbocycles. The Bertz CT molecular complexity index is 1440. The molecule has 0 bridgehead atoms. The molecule has 1 fully saturated rings. The van der Waals surface area contributed by atoms with Gasteiger partial charge >= 0.3 is 11.9 Å². The first-order valence-electron chi connectivity index (χ1n) is 14.2. The van der Waals surface area contributed by atoms with E-state index in [9.17, 15) is 31.5 Å². The van der Waals surface area contributed by atoms with Gasteiger partial charge in [-0.25, -0.2) is 26.4 Å². The standard InChI is InChI=1S/C30H42N2O9S2/c1-31-22-27(30(35)41-16-18-43(3,38)39)26(29(34)40-15-17-42(2,36)37)19-24(7-6-14-33)20-28(31)25-10-8-23(9-11-25)21-32-12-4-5-13-32/h8-11,19-20,22,28,33H,4-7,12-18,21H2,1-3H3. The molecule has 2 aliphatic heterocycles. The van der Waals surface area contributed by atoms with Crippen molar-refractivity contribution in [2.45, 2.75) is 38.3 Å². The number of likely N-dealkylation sites (tertiary alicyclic amines) is 1. The lowest BCUT2D eigenvalue weighted by Gasteiger charge is -2.29. The number of hydrogen-bond acceptors (Lipinski definition) is 11. The number of nitrogens with zero attached hydrogens (tertiary/aromatic N) is 2. The predicted molar refractivity (Wildman–Crippen MR) is 163 cm³/mol. The van der Waals surface area contributed by atoms with Crippen LogP contribution < -0.4 is 0 Å². The van der Waals surface area contributed by atoms with Gasteiger partial charge < -0.3 is 19.5 Å². The lowest BCUT2D eigenvalue weighted by molar-refractivity contribution is -0.142. The maximum Gasteiger partial charge on any atom is 0.340 e. The first-order valence-corrected chi connectivity index (χ1v) is 18.4. The van der Waals surface area contributed by atoms with E-state index in [0.717, 1.165) is 37.7 Å². The number of allylic oxidation sites excluding steroid dienone is 2. The summed E-state index contributed by atoms with van der Waals surface area (Å²) in [6.07, 6.45) is 10.1. The quantitative estimate of drug-likeness (QED) is 0.298. The molecule has 0 spiro atoms. The largest absolute Gasteiger partial charge is 0.461 e. The summed E-state index contributed by atoms with van der Waals surface area (Å²) in [6.45, 7) is 2.12. The zero-order valence-corrected chi connectivity index (χ0v) is 26.7. The Morgan fingerprint density at radius 3 is 2.00 bits per heavy atom. The summed E-state index contributed by atoms with van der Waals surface area (Å²) in [7, 11) is -5.08. The van der Waals surface area contributed by atoms with Gasteiger partial charge in [-0.15, -0.1) is 0 Å². The molecule has 1 saturated heterocycles. The molecule has 13 heteroatoms. The lowest BCUT2D eigenvalue weighted by atomic mass is 9.94. The van der Waals surface area contributed by atoms with Crippen LogP contribution in [0.5, 0.6) is 0 Å². The van der Waals surface area contributed by atoms with Crippen LogP contribution in [0.3, 0.4) is 0 Å². The SMILES string of the molecule is CN1C=C(C(=O)OCCS(C)(=O)=O)C(C(=O)OCCS(C)(=O)=O)=CC(CCCO)=CC1c1ccc(CN2CCCC2)cc1. The van der Waals surface area contributed by atoms with Crippen LogP contribution >= 0.6 is 0 Å². The van der Waals surface area contributed by atoms with Crippen LogP contribution in [0.2, 0.25) is 0 Å². The van der Waals surface area contributed by atoms with Gasteiger partial charge in [0.05, 0.1) is 28.7 Å².